The van der Waals surface area contributed by atoms with Gasteiger partial charge >= 0.3 is 11.9 Å². The van der Waals surface area contributed by atoms with Gasteiger partial charge < -0.3 is 9.47 Å². The molecule has 0 saturated carbocycles. The van der Waals surface area contributed by atoms with Gasteiger partial charge in [-0.1, -0.05) is 19.8 Å². The first kappa shape index (κ1) is 15.9. The molecule has 0 heterocycles. The van der Waals surface area contributed by atoms with Crippen molar-refractivity contribution in [1.82, 2.24) is 0 Å². The van der Waals surface area contributed by atoms with Crippen LogP contribution in [0.25, 0.3) is 0 Å². The number of esters is 2. The number of rotatable bonds is 7. The molecule has 0 fully saturated rings. The van der Waals surface area contributed by atoms with E-state index < -0.39 is 17.5 Å². The van der Waals surface area contributed by atoms with Gasteiger partial charge in [0.25, 0.3) is 0 Å². The Hall–Kier alpha value is -1.06. The first-order valence-electron chi connectivity index (χ1n) is 6.22. The molecule has 0 aliphatic carbocycles. The lowest BCUT2D eigenvalue weighted by Crippen LogP contribution is -2.33. The van der Waals surface area contributed by atoms with Crippen LogP contribution in [0.3, 0.4) is 0 Å². The Morgan fingerprint density at radius 2 is 1.82 bits per heavy atom. The van der Waals surface area contributed by atoms with Crippen molar-refractivity contribution in [1.29, 1.82) is 0 Å². The third-order valence-electron chi connectivity index (χ3n) is 2.61. The Bertz CT molecular complexity index is 258. The predicted octanol–water partition coefficient (Wildman–Crippen LogP) is 2.70. The molecule has 0 radical (unpaired) electrons. The van der Waals surface area contributed by atoms with E-state index in [1.54, 1.807) is 6.92 Å². The number of carbonyl (C=O) groups excluding carboxylic acids is 2. The largest absolute Gasteiger partial charge is 0.463 e. The zero-order valence-electron chi connectivity index (χ0n) is 11.5. The second kappa shape index (κ2) is 7.30. The minimum absolute atomic E-state index is 0.292. The highest BCUT2D eigenvalue weighted by atomic mass is 16.6. The second-order valence-corrected chi connectivity index (χ2v) is 4.79. The van der Waals surface area contributed by atoms with Crippen LogP contribution in [-0.4, -0.2) is 24.6 Å². The lowest BCUT2D eigenvalue weighted by atomic mass is 9.87. The van der Waals surface area contributed by atoms with Crippen molar-refractivity contribution in [2.75, 3.05) is 6.61 Å². The minimum atomic E-state index is -0.830. The maximum Gasteiger partial charge on any atom is 0.347 e. The molecule has 0 bridgehead atoms. The Morgan fingerprint density at radius 3 is 2.29 bits per heavy atom. The molecule has 0 saturated heterocycles. The summed E-state index contributed by atoms with van der Waals surface area (Å²) in [6.45, 7) is 9.29. The van der Waals surface area contributed by atoms with Gasteiger partial charge in [-0.15, -0.1) is 0 Å². The molecule has 1 atom stereocenters. The lowest BCUT2D eigenvalue weighted by Gasteiger charge is -2.24. The quantitative estimate of drug-likeness (QED) is 0.646. The van der Waals surface area contributed by atoms with Crippen LogP contribution < -0.4 is 0 Å². The number of hydrogen-bond donors (Lipinski definition) is 0. The number of unbranched alkanes of at least 4 members (excludes halogenated alkanes) is 1. The molecule has 0 aromatic carbocycles. The zero-order chi connectivity index (χ0) is 13.5. The van der Waals surface area contributed by atoms with Crippen LogP contribution >= 0.6 is 0 Å². The average molecular weight is 244 g/mol. The molecule has 0 aliphatic rings. The van der Waals surface area contributed by atoms with Crippen molar-refractivity contribution < 1.29 is 19.1 Å². The van der Waals surface area contributed by atoms with E-state index in [-0.39, 0.29) is 5.97 Å². The Kier molecular flexibility index (Phi) is 6.85. The second-order valence-electron chi connectivity index (χ2n) is 4.79. The number of hydrogen-bond acceptors (Lipinski definition) is 4. The maximum atomic E-state index is 11.9. The summed E-state index contributed by atoms with van der Waals surface area (Å²) in [6.07, 6.45) is 1.93. The summed E-state index contributed by atoms with van der Waals surface area (Å²) in [7, 11) is 0. The van der Waals surface area contributed by atoms with E-state index in [2.05, 4.69) is 6.92 Å². The average Bonchev–Trinajstić information content (AvgIpc) is 2.26. The standard InChI is InChI=1S/C13H24O4/c1-6-8-9-13(4,5)12(15)17-10(3)11(14)16-7-2/h10H,6-9H2,1-5H3. The molecule has 100 valence electrons. The highest BCUT2D eigenvalue weighted by Gasteiger charge is 2.31. The van der Waals surface area contributed by atoms with E-state index in [1.165, 1.54) is 6.92 Å². The minimum Gasteiger partial charge on any atom is -0.463 e. The van der Waals surface area contributed by atoms with E-state index in [0.29, 0.717) is 6.61 Å². The van der Waals surface area contributed by atoms with Crippen LogP contribution in [0.15, 0.2) is 0 Å². The van der Waals surface area contributed by atoms with E-state index in [9.17, 15) is 9.59 Å². The first-order valence-corrected chi connectivity index (χ1v) is 6.22. The van der Waals surface area contributed by atoms with Gasteiger partial charge in [0.1, 0.15) is 0 Å². The third kappa shape index (κ3) is 5.71. The predicted molar refractivity (Wildman–Crippen MR) is 65.5 cm³/mol. The molecule has 0 amide bonds. The molecule has 1 unspecified atom stereocenters. The van der Waals surface area contributed by atoms with Crippen LogP contribution in [0, 0.1) is 5.41 Å². The fourth-order valence-electron chi connectivity index (χ4n) is 1.35. The molecule has 17 heavy (non-hydrogen) atoms. The van der Waals surface area contributed by atoms with Gasteiger partial charge in [0, 0.05) is 0 Å². The van der Waals surface area contributed by atoms with Crippen molar-refractivity contribution in [3.05, 3.63) is 0 Å². The van der Waals surface area contributed by atoms with Gasteiger partial charge in [-0.25, -0.2) is 4.79 Å². The monoisotopic (exact) mass is 244 g/mol. The normalized spacial score (nSPS) is 13.0. The van der Waals surface area contributed by atoms with E-state index >= 15 is 0 Å². The van der Waals surface area contributed by atoms with E-state index in [4.69, 9.17) is 9.47 Å². The maximum absolute atomic E-state index is 11.9. The van der Waals surface area contributed by atoms with Crippen LogP contribution in [0.5, 0.6) is 0 Å². The van der Waals surface area contributed by atoms with Crippen LogP contribution in [0.2, 0.25) is 0 Å². The van der Waals surface area contributed by atoms with Crippen molar-refractivity contribution in [2.45, 2.75) is 60.0 Å². The van der Waals surface area contributed by atoms with Gasteiger partial charge in [-0.2, -0.15) is 0 Å². The van der Waals surface area contributed by atoms with E-state index in [1.807, 2.05) is 13.8 Å². The summed E-state index contributed by atoms with van der Waals surface area (Å²) >= 11 is 0. The molecular weight excluding hydrogens is 220 g/mol. The highest BCUT2D eigenvalue weighted by molar-refractivity contribution is 5.81. The fourth-order valence-corrected chi connectivity index (χ4v) is 1.35. The summed E-state index contributed by atoms with van der Waals surface area (Å²) in [5, 5.41) is 0. The lowest BCUT2D eigenvalue weighted by molar-refractivity contribution is -0.172. The van der Waals surface area contributed by atoms with Crippen LogP contribution in [0.1, 0.15) is 53.9 Å². The molecule has 0 N–H and O–H groups in total. The Morgan fingerprint density at radius 1 is 1.24 bits per heavy atom. The van der Waals surface area contributed by atoms with E-state index in [0.717, 1.165) is 19.3 Å². The molecular formula is C13H24O4. The fraction of sp³-hybridized carbons (Fsp3) is 0.846. The summed E-state index contributed by atoms with van der Waals surface area (Å²) in [5.74, 6) is -0.835. The van der Waals surface area contributed by atoms with Crippen molar-refractivity contribution in [3.8, 4) is 0 Å². The first-order chi connectivity index (χ1) is 7.85. The SMILES string of the molecule is CCCCC(C)(C)C(=O)OC(C)C(=O)OCC. The summed E-state index contributed by atoms with van der Waals surface area (Å²) < 4.78 is 9.90. The molecule has 0 aromatic heterocycles. The summed E-state index contributed by atoms with van der Waals surface area (Å²) in [5.41, 5.74) is -0.545. The molecule has 0 rings (SSSR count). The van der Waals surface area contributed by atoms with Crippen molar-refractivity contribution in [3.63, 3.8) is 0 Å². The number of carbonyl (C=O) groups is 2. The number of ether oxygens (including phenoxy) is 2. The van der Waals surface area contributed by atoms with Crippen LogP contribution in [-0.2, 0) is 19.1 Å². The Balaban J connectivity index is 4.27. The smallest absolute Gasteiger partial charge is 0.347 e. The van der Waals surface area contributed by atoms with Crippen LogP contribution in [0.4, 0.5) is 0 Å². The summed E-state index contributed by atoms with van der Waals surface area (Å²) in [6, 6.07) is 0. The van der Waals surface area contributed by atoms with Gasteiger partial charge in [-0.3, -0.25) is 4.79 Å². The van der Waals surface area contributed by atoms with Gasteiger partial charge in [0.05, 0.1) is 12.0 Å². The van der Waals surface area contributed by atoms with Crippen molar-refractivity contribution in [2.24, 2.45) is 5.41 Å². The van der Waals surface area contributed by atoms with Crippen molar-refractivity contribution >= 4 is 11.9 Å². The van der Waals surface area contributed by atoms with Gasteiger partial charge in [0.2, 0.25) is 0 Å². The highest BCUT2D eigenvalue weighted by Crippen LogP contribution is 2.25. The molecule has 0 aromatic rings. The molecule has 4 nitrogen and oxygen atoms in total. The third-order valence-corrected chi connectivity index (χ3v) is 2.61. The molecule has 0 aliphatic heterocycles. The Labute approximate surface area is 104 Å². The van der Waals surface area contributed by atoms with Gasteiger partial charge in [0.15, 0.2) is 6.10 Å². The molecule has 0 spiro atoms. The topological polar surface area (TPSA) is 52.6 Å². The molecule has 4 heteroatoms. The van der Waals surface area contributed by atoms with Gasteiger partial charge in [-0.05, 0) is 34.1 Å². The zero-order valence-corrected chi connectivity index (χ0v) is 11.5. The summed E-state index contributed by atoms with van der Waals surface area (Å²) in [4.78, 5) is 23.2.